The molecule has 11 heteroatoms. The van der Waals surface area contributed by atoms with Gasteiger partial charge >= 0.3 is 6.18 Å². The zero-order chi connectivity index (χ0) is 17.2. The molecule has 1 aromatic carbocycles. The minimum absolute atomic E-state index is 0.0824. The van der Waals surface area contributed by atoms with Crippen LogP contribution in [0.3, 0.4) is 0 Å². The summed E-state index contributed by atoms with van der Waals surface area (Å²) < 4.78 is 38.7. The van der Waals surface area contributed by atoms with Crippen molar-refractivity contribution in [3.63, 3.8) is 0 Å². The van der Waals surface area contributed by atoms with Crippen LogP contribution in [0.25, 0.3) is 11.3 Å². The maximum atomic E-state index is 12.9. The van der Waals surface area contributed by atoms with Crippen molar-refractivity contribution in [1.82, 2.24) is 9.97 Å². The first kappa shape index (κ1) is 16.5. The lowest BCUT2D eigenvalue weighted by Crippen LogP contribution is -2.22. The molecule has 0 aliphatic carbocycles. The number of rotatable bonds is 3. The smallest absolute Gasteiger partial charge is 0.376 e. The molecule has 1 heterocycles. The molecule has 0 atom stereocenters. The van der Waals surface area contributed by atoms with Crippen molar-refractivity contribution in [3.8, 4) is 11.3 Å². The summed E-state index contributed by atoms with van der Waals surface area (Å²) in [6, 6.07) is 5.61. The van der Waals surface area contributed by atoms with Crippen molar-refractivity contribution in [3.05, 3.63) is 46.1 Å². The number of nitro groups is 1. The van der Waals surface area contributed by atoms with Crippen LogP contribution in [-0.4, -0.2) is 20.0 Å². The molecule has 0 fully saturated rings. The van der Waals surface area contributed by atoms with Gasteiger partial charge in [0.2, 0.25) is 5.95 Å². The molecule has 0 aliphatic heterocycles. The molecule has 120 valence electrons. The molecule has 0 aliphatic rings. The summed E-state index contributed by atoms with van der Waals surface area (Å²) in [4.78, 5) is 17.1. The molecule has 0 saturated carbocycles. The number of anilines is 1. The van der Waals surface area contributed by atoms with Crippen LogP contribution in [0.4, 0.5) is 24.8 Å². The standard InChI is InChI=1S/C12H8F3N5O2S/c13-12(14,15)9-5-8(17-11(18-9)19-10(16)23)6-1-3-7(4-2-6)20(21)22/h1-5H,(H3,16,17,18,19,23). The fourth-order valence-electron chi connectivity index (χ4n) is 1.66. The molecular formula is C12H8F3N5O2S. The van der Waals surface area contributed by atoms with E-state index in [1.54, 1.807) is 0 Å². The van der Waals surface area contributed by atoms with Gasteiger partial charge in [0.25, 0.3) is 5.69 Å². The molecule has 2 rings (SSSR count). The fraction of sp³-hybridized carbons (Fsp3) is 0.0833. The van der Waals surface area contributed by atoms with E-state index < -0.39 is 22.7 Å². The van der Waals surface area contributed by atoms with E-state index in [1.165, 1.54) is 12.1 Å². The van der Waals surface area contributed by atoms with Crippen LogP contribution in [0.2, 0.25) is 0 Å². The lowest BCUT2D eigenvalue weighted by molar-refractivity contribution is -0.384. The summed E-state index contributed by atoms with van der Waals surface area (Å²) in [5.41, 5.74) is 3.98. The van der Waals surface area contributed by atoms with Gasteiger partial charge in [-0.1, -0.05) is 0 Å². The number of hydrogen-bond acceptors (Lipinski definition) is 5. The largest absolute Gasteiger partial charge is 0.433 e. The Morgan fingerprint density at radius 3 is 2.35 bits per heavy atom. The molecule has 1 aromatic heterocycles. The summed E-state index contributed by atoms with van der Waals surface area (Å²) in [6.45, 7) is 0. The third kappa shape index (κ3) is 4.10. The monoisotopic (exact) mass is 343 g/mol. The normalized spacial score (nSPS) is 11.1. The van der Waals surface area contributed by atoms with Crippen molar-refractivity contribution in [1.29, 1.82) is 0 Å². The number of nitro benzene ring substituents is 1. The highest BCUT2D eigenvalue weighted by Crippen LogP contribution is 2.31. The minimum atomic E-state index is -4.70. The van der Waals surface area contributed by atoms with Gasteiger partial charge in [-0.15, -0.1) is 0 Å². The van der Waals surface area contributed by atoms with Crippen LogP contribution >= 0.6 is 12.2 Å². The van der Waals surface area contributed by atoms with Gasteiger partial charge in [0, 0.05) is 17.7 Å². The van der Waals surface area contributed by atoms with E-state index in [0.717, 1.165) is 18.2 Å². The predicted molar refractivity (Wildman–Crippen MR) is 79.5 cm³/mol. The van der Waals surface area contributed by atoms with Crippen LogP contribution in [0.15, 0.2) is 30.3 Å². The SMILES string of the molecule is NC(=S)Nc1nc(-c2ccc([N+](=O)[O-])cc2)cc(C(F)(F)F)n1. The number of hydrogen-bond donors (Lipinski definition) is 2. The van der Waals surface area contributed by atoms with E-state index in [4.69, 9.17) is 5.73 Å². The molecule has 0 saturated heterocycles. The van der Waals surface area contributed by atoms with Crippen molar-refractivity contribution in [2.45, 2.75) is 6.18 Å². The molecule has 0 unspecified atom stereocenters. The van der Waals surface area contributed by atoms with Gasteiger partial charge < -0.3 is 11.1 Å². The summed E-state index contributed by atoms with van der Waals surface area (Å²) in [6.07, 6.45) is -4.70. The maximum absolute atomic E-state index is 12.9. The van der Waals surface area contributed by atoms with Crippen molar-refractivity contribution in [2.24, 2.45) is 5.73 Å². The van der Waals surface area contributed by atoms with E-state index in [1.807, 2.05) is 0 Å². The first-order valence-electron chi connectivity index (χ1n) is 5.94. The second-order valence-corrected chi connectivity index (χ2v) is 4.69. The number of non-ortho nitro benzene ring substituents is 1. The van der Waals surface area contributed by atoms with Gasteiger partial charge in [-0.2, -0.15) is 13.2 Å². The first-order chi connectivity index (χ1) is 10.7. The number of alkyl halides is 3. The summed E-state index contributed by atoms with van der Waals surface area (Å²) in [5.74, 6) is -0.416. The van der Waals surface area contributed by atoms with E-state index >= 15 is 0 Å². The Bertz CT molecular complexity index is 764. The van der Waals surface area contributed by atoms with Crippen molar-refractivity contribution in [2.75, 3.05) is 5.32 Å². The Balaban J connectivity index is 2.51. The first-order valence-corrected chi connectivity index (χ1v) is 6.35. The summed E-state index contributed by atoms with van der Waals surface area (Å²) in [5, 5.41) is 12.5. The third-order valence-corrected chi connectivity index (χ3v) is 2.73. The van der Waals surface area contributed by atoms with E-state index in [-0.39, 0.29) is 22.1 Å². The fourth-order valence-corrected chi connectivity index (χ4v) is 1.75. The van der Waals surface area contributed by atoms with E-state index in [0.29, 0.717) is 0 Å². The molecule has 0 amide bonds. The Hall–Kier alpha value is -2.82. The summed E-state index contributed by atoms with van der Waals surface area (Å²) >= 11 is 4.55. The molecule has 3 N–H and O–H groups in total. The highest BCUT2D eigenvalue weighted by Gasteiger charge is 2.34. The Morgan fingerprint density at radius 2 is 1.87 bits per heavy atom. The zero-order valence-electron chi connectivity index (χ0n) is 11.2. The lowest BCUT2D eigenvalue weighted by atomic mass is 10.1. The van der Waals surface area contributed by atoms with Gasteiger partial charge in [0.1, 0.15) is 0 Å². The second-order valence-electron chi connectivity index (χ2n) is 4.25. The molecule has 0 bridgehead atoms. The van der Waals surface area contributed by atoms with E-state index in [9.17, 15) is 23.3 Å². The van der Waals surface area contributed by atoms with Crippen molar-refractivity contribution < 1.29 is 18.1 Å². The number of nitrogens with one attached hydrogen (secondary N) is 1. The molecule has 23 heavy (non-hydrogen) atoms. The molecule has 7 nitrogen and oxygen atoms in total. The minimum Gasteiger partial charge on any atom is -0.376 e. The van der Waals surface area contributed by atoms with E-state index in [2.05, 4.69) is 27.5 Å². The highest BCUT2D eigenvalue weighted by atomic mass is 32.1. The number of thiocarbonyl (C=S) groups is 1. The van der Waals surface area contributed by atoms with Crippen LogP contribution in [0.1, 0.15) is 5.69 Å². The number of nitrogens with two attached hydrogens (primary N) is 1. The second kappa shape index (κ2) is 6.12. The van der Waals surface area contributed by atoms with Crippen LogP contribution in [-0.2, 0) is 6.18 Å². The van der Waals surface area contributed by atoms with Gasteiger partial charge in [-0.3, -0.25) is 10.1 Å². The van der Waals surface area contributed by atoms with Crippen LogP contribution < -0.4 is 11.1 Å². The van der Waals surface area contributed by atoms with Gasteiger partial charge in [-0.25, -0.2) is 9.97 Å². The van der Waals surface area contributed by atoms with Crippen LogP contribution in [0, 0.1) is 10.1 Å². The Labute approximate surface area is 132 Å². The van der Waals surface area contributed by atoms with Crippen LogP contribution in [0.5, 0.6) is 0 Å². The number of halogens is 3. The quantitative estimate of drug-likeness (QED) is 0.501. The average molecular weight is 343 g/mol. The lowest BCUT2D eigenvalue weighted by Gasteiger charge is -2.11. The number of benzene rings is 1. The average Bonchev–Trinajstić information content (AvgIpc) is 2.45. The van der Waals surface area contributed by atoms with Crippen molar-refractivity contribution >= 4 is 29.0 Å². The highest BCUT2D eigenvalue weighted by molar-refractivity contribution is 7.80. The Morgan fingerprint density at radius 1 is 1.26 bits per heavy atom. The predicted octanol–water partition coefficient (Wildman–Crippen LogP) is 2.73. The van der Waals surface area contributed by atoms with Gasteiger partial charge in [0.05, 0.1) is 10.6 Å². The molecule has 2 aromatic rings. The van der Waals surface area contributed by atoms with Gasteiger partial charge in [0.15, 0.2) is 10.8 Å². The molecular weight excluding hydrogens is 335 g/mol. The molecule has 0 spiro atoms. The number of nitrogens with zero attached hydrogens (tertiary/aromatic N) is 3. The molecule has 0 radical (unpaired) electrons. The topological polar surface area (TPSA) is 107 Å². The zero-order valence-corrected chi connectivity index (χ0v) is 12.0. The Kier molecular flexibility index (Phi) is 4.40. The van der Waals surface area contributed by atoms with Gasteiger partial charge in [-0.05, 0) is 30.4 Å². The number of aromatic nitrogens is 2. The maximum Gasteiger partial charge on any atom is 0.433 e. The third-order valence-electron chi connectivity index (χ3n) is 2.63. The summed E-state index contributed by atoms with van der Waals surface area (Å²) in [7, 11) is 0.